The van der Waals surface area contributed by atoms with Crippen LogP contribution in [0.2, 0.25) is 0 Å². The van der Waals surface area contributed by atoms with Gasteiger partial charge in [0.15, 0.2) is 0 Å². The number of nitrogens with zero attached hydrogens (tertiary/aromatic N) is 1. The predicted octanol–water partition coefficient (Wildman–Crippen LogP) is 5.45. The zero-order valence-corrected chi connectivity index (χ0v) is 16.8. The van der Waals surface area contributed by atoms with E-state index in [9.17, 15) is 4.79 Å². The lowest BCUT2D eigenvalue weighted by Crippen LogP contribution is -2.36. The summed E-state index contributed by atoms with van der Waals surface area (Å²) in [5.74, 6) is 0.671. The molecule has 2 aliphatic rings. The first-order valence-electron chi connectivity index (χ1n) is 10.8. The second-order valence-corrected chi connectivity index (χ2v) is 8.51. The SMILES string of the molecule is O=C1C[C@@H](C(c2ccccc2)c2ccccc2)[C@H]2c3[nH]c4ccccc4c3CCN12. The first-order chi connectivity index (χ1) is 14.8. The van der Waals surface area contributed by atoms with Gasteiger partial charge in [0.05, 0.1) is 6.04 Å². The second kappa shape index (κ2) is 6.88. The smallest absolute Gasteiger partial charge is 0.223 e. The molecule has 30 heavy (non-hydrogen) atoms. The van der Waals surface area contributed by atoms with E-state index in [2.05, 4.69) is 94.8 Å². The standard InChI is InChI=1S/C27H24N2O/c30-24-17-22(25(18-9-3-1-4-10-18)19-11-5-2-6-12-19)27-26-21(15-16-29(24)27)20-13-7-8-14-23(20)28-26/h1-14,22,25,27-28H,15-17H2/t22-,27-/m0/s1. The van der Waals surface area contributed by atoms with Gasteiger partial charge in [0, 0.05) is 41.4 Å². The van der Waals surface area contributed by atoms with E-state index in [1.807, 2.05) is 0 Å². The van der Waals surface area contributed by atoms with Gasteiger partial charge in [-0.25, -0.2) is 0 Å². The molecule has 1 amide bonds. The van der Waals surface area contributed by atoms with Crippen molar-refractivity contribution in [1.82, 2.24) is 9.88 Å². The Kier molecular flexibility index (Phi) is 4.02. The van der Waals surface area contributed by atoms with Crippen LogP contribution in [0.4, 0.5) is 0 Å². The fourth-order valence-electron chi connectivity index (χ4n) is 5.73. The van der Waals surface area contributed by atoms with Gasteiger partial charge in [0.2, 0.25) is 5.91 Å². The number of hydrogen-bond donors (Lipinski definition) is 1. The van der Waals surface area contributed by atoms with E-state index in [0.717, 1.165) is 13.0 Å². The highest BCUT2D eigenvalue weighted by Crippen LogP contribution is 2.51. The molecule has 4 aromatic rings. The third-order valence-corrected chi connectivity index (χ3v) is 6.96. The van der Waals surface area contributed by atoms with Gasteiger partial charge in [0.25, 0.3) is 0 Å². The third-order valence-electron chi connectivity index (χ3n) is 6.96. The van der Waals surface area contributed by atoms with E-state index in [0.29, 0.717) is 6.42 Å². The van der Waals surface area contributed by atoms with Crippen LogP contribution < -0.4 is 0 Å². The molecule has 3 nitrogen and oxygen atoms in total. The molecule has 3 heteroatoms. The molecular formula is C27H24N2O. The Morgan fingerprint density at radius 2 is 1.47 bits per heavy atom. The summed E-state index contributed by atoms with van der Waals surface area (Å²) >= 11 is 0. The van der Waals surface area contributed by atoms with E-state index >= 15 is 0 Å². The van der Waals surface area contributed by atoms with Gasteiger partial charge in [-0.1, -0.05) is 78.9 Å². The van der Waals surface area contributed by atoms with Crippen LogP contribution in [0.1, 0.15) is 40.8 Å². The number of para-hydroxylation sites is 1. The molecule has 0 unspecified atom stereocenters. The molecule has 1 aromatic heterocycles. The van der Waals surface area contributed by atoms with Crippen LogP contribution in [-0.4, -0.2) is 22.3 Å². The van der Waals surface area contributed by atoms with Crippen molar-refractivity contribution >= 4 is 16.8 Å². The number of hydrogen-bond acceptors (Lipinski definition) is 1. The Bertz CT molecular complexity index is 1170. The number of rotatable bonds is 3. The van der Waals surface area contributed by atoms with Crippen LogP contribution in [0.5, 0.6) is 0 Å². The van der Waals surface area contributed by atoms with Crippen molar-refractivity contribution in [3.63, 3.8) is 0 Å². The van der Waals surface area contributed by atoms with Crippen molar-refractivity contribution in [2.24, 2.45) is 5.92 Å². The van der Waals surface area contributed by atoms with Crippen LogP contribution >= 0.6 is 0 Å². The Balaban J connectivity index is 1.53. The van der Waals surface area contributed by atoms with E-state index in [1.54, 1.807) is 0 Å². The van der Waals surface area contributed by atoms with Gasteiger partial charge in [-0.15, -0.1) is 0 Å². The van der Waals surface area contributed by atoms with Crippen LogP contribution in [0.3, 0.4) is 0 Å². The minimum Gasteiger partial charge on any atom is -0.356 e. The van der Waals surface area contributed by atoms with Crippen LogP contribution in [-0.2, 0) is 11.2 Å². The second-order valence-electron chi connectivity index (χ2n) is 8.51. The average molecular weight is 393 g/mol. The van der Waals surface area contributed by atoms with E-state index < -0.39 is 0 Å². The number of carbonyl (C=O) groups is 1. The van der Waals surface area contributed by atoms with Gasteiger partial charge in [0.1, 0.15) is 0 Å². The predicted molar refractivity (Wildman–Crippen MR) is 119 cm³/mol. The van der Waals surface area contributed by atoms with Crippen LogP contribution in [0, 0.1) is 5.92 Å². The third kappa shape index (κ3) is 2.62. The summed E-state index contributed by atoms with van der Waals surface area (Å²) in [4.78, 5) is 19.0. The van der Waals surface area contributed by atoms with Gasteiger partial charge >= 0.3 is 0 Å². The first kappa shape index (κ1) is 17.5. The van der Waals surface area contributed by atoms with Crippen molar-refractivity contribution in [3.8, 4) is 0 Å². The summed E-state index contributed by atoms with van der Waals surface area (Å²) in [7, 11) is 0. The molecule has 2 aliphatic heterocycles. The number of fused-ring (bicyclic) bond motifs is 5. The summed E-state index contributed by atoms with van der Waals surface area (Å²) in [6, 6.07) is 30.0. The summed E-state index contributed by atoms with van der Waals surface area (Å²) in [6.07, 6.45) is 1.52. The molecule has 0 radical (unpaired) electrons. The summed E-state index contributed by atoms with van der Waals surface area (Å²) < 4.78 is 0. The molecule has 3 aromatic carbocycles. The minimum atomic E-state index is 0.0964. The van der Waals surface area contributed by atoms with Crippen LogP contribution in [0.25, 0.3) is 10.9 Å². The Morgan fingerprint density at radius 1 is 0.833 bits per heavy atom. The summed E-state index contributed by atoms with van der Waals surface area (Å²) in [6.45, 7) is 0.811. The number of aromatic amines is 1. The van der Waals surface area contributed by atoms with Gasteiger partial charge in [-0.05, 0) is 29.2 Å². The van der Waals surface area contributed by atoms with E-state index in [1.165, 1.54) is 33.3 Å². The fraction of sp³-hybridized carbons (Fsp3) is 0.222. The number of carbonyl (C=O) groups excluding carboxylic acids is 1. The molecular weight excluding hydrogens is 368 g/mol. The quantitative estimate of drug-likeness (QED) is 0.495. The average Bonchev–Trinajstić information content (AvgIpc) is 3.33. The van der Waals surface area contributed by atoms with Crippen molar-refractivity contribution < 1.29 is 4.79 Å². The number of nitrogens with one attached hydrogen (secondary N) is 1. The highest BCUT2D eigenvalue weighted by molar-refractivity contribution is 5.87. The molecule has 1 N–H and O–H groups in total. The lowest BCUT2D eigenvalue weighted by molar-refractivity contribution is -0.129. The number of H-pyrrole nitrogens is 1. The molecule has 0 saturated carbocycles. The van der Waals surface area contributed by atoms with Crippen LogP contribution in [0.15, 0.2) is 84.9 Å². The van der Waals surface area contributed by atoms with E-state index in [-0.39, 0.29) is 23.8 Å². The molecule has 2 atom stereocenters. The summed E-state index contributed by atoms with van der Waals surface area (Å²) in [5.41, 5.74) is 6.39. The zero-order chi connectivity index (χ0) is 20.1. The molecule has 1 fully saturated rings. The molecule has 1 saturated heterocycles. The Labute approximate surface area is 176 Å². The highest BCUT2D eigenvalue weighted by Gasteiger charge is 2.48. The normalized spacial score (nSPS) is 20.6. The molecule has 148 valence electrons. The molecule has 0 aliphatic carbocycles. The van der Waals surface area contributed by atoms with Crippen molar-refractivity contribution in [2.45, 2.75) is 24.8 Å². The van der Waals surface area contributed by atoms with Crippen molar-refractivity contribution in [1.29, 1.82) is 0 Å². The summed E-state index contributed by atoms with van der Waals surface area (Å²) in [5, 5.41) is 1.31. The lowest BCUT2D eigenvalue weighted by Gasteiger charge is -2.36. The number of aromatic nitrogens is 1. The van der Waals surface area contributed by atoms with E-state index in [4.69, 9.17) is 0 Å². The first-order valence-corrected chi connectivity index (χ1v) is 10.8. The molecule has 6 rings (SSSR count). The maximum Gasteiger partial charge on any atom is 0.223 e. The molecule has 0 bridgehead atoms. The monoisotopic (exact) mass is 392 g/mol. The Morgan fingerprint density at radius 3 is 2.17 bits per heavy atom. The van der Waals surface area contributed by atoms with Gasteiger partial charge in [-0.3, -0.25) is 4.79 Å². The van der Waals surface area contributed by atoms with Crippen molar-refractivity contribution in [3.05, 3.63) is 107 Å². The largest absolute Gasteiger partial charge is 0.356 e. The molecule has 0 spiro atoms. The Hall–Kier alpha value is -3.33. The lowest BCUT2D eigenvalue weighted by atomic mass is 9.75. The number of amides is 1. The zero-order valence-electron chi connectivity index (χ0n) is 16.8. The maximum atomic E-state index is 13.1. The fourth-order valence-corrected chi connectivity index (χ4v) is 5.73. The van der Waals surface area contributed by atoms with Gasteiger partial charge < -0.3 is 9.88 Å². The molecule has 3 heterocycles. The topological polar surface area (TPSA) is 36.1 Å². The maximum absolute atomic E-state index is 13.1. The number of benzene rings is 3. The highest BCUT2D eigenvalue weighted by atomic mass is 16.2. The van der Waals surface area contributed by atoms with Gasteiger partial charge in [-0.2, -0.15) is 0 Å². The van der Waals surface area contributed by atoms with Crippen molar-refractivity contribution in [2.75, 3.05) is 6.54 Å². The minimum absolute atomic E-state index is 0.0964.